The predicted octanol–water partition coefficient (Wildman–Crippen LogP) is 3.24. The standard InChI is InChI=1S/C16H20N2O2S/c1-12-6-3-4-8-14(12)15(20-2)11-18-16(19)17-10-13-7-5-9-21-13/h3-9,15H,10-11H2,1-2H3,(H2,17,18,19)/t15-/m0/s1. The summed E-state index contributed by atoms with van der Waals surface area (Å²) in [6.45, 7) is 3.03. The van der Waals surface area contributed by atoms with E-state index in [-0.39, 0.29) is 12.1 Å². The Morgan fingerprint density at radius 2 is 2.05 bits per heavy atom. The van der Waals surface area contributed by atoms with Gasteiger partial charge in [-0.15, -0.1) is 11.3 Å². The Labute approximate surface area is 129 Å². The molecule has 0 saturated heterocycles. The summed E-state index contributed by atoms with van der Waals surface area (Å²) in [6.07, 6.45) is -0.140. The number of ether oxygens (including phenoxy) is 1. The van der Waals surface area contributed by atoms with E-state index in [2.05, 4.69) is 10.6 Å². The highest BCUT2D eigenvalue weighted by atomic mass is 32.1. The van der Waals surface area contributed by atoms with Crippen molar-refractivity contribution in [1.29, 1.82) is 0 Å². The van der Waals surface area contributed by atoms with Gasteiger partial charge in [0.05, 0.1) is 12.6 Å². The van der Waals surface area contributed by atoms with Gasteiger partial charge < -0.3 is 15.4 Å². The molecule has 0 spiro atoms. The van der Waals surface area contributed by atoms with Crippen LogP contribution >= 0.6 is 11.3 Å². The second kappa shape index (κ2) is 7.81. The Kier molecular flexibility index (Phi) is 5.78. The van der Waals surface area contributed by atoms with E-state index in [4.69, 9.17) is 4.74 Å². The molecule has 0 unspecified atom stereocenters. The van der Waals surface area contributed by atoms with Crippen molar-refractivity contribution in [2.45, 2.75) is 19.6 Å². The summed E-state index contributed by atoms with van der Waals surface area (Å²) in [5.74, 6) is 0. The number of thiophene rings is 1. The average Bonchev–Trinajstić information content (AvgIpc) is 3.01. The van der Waals surface area contributed by atoms with E-state index in [0.29, 0.717) is 13.1 Å². The van der Waals surface area contributed by atoms with Crippen LogP contribution in [0.2, 0.25) is 0 Å². The van der Waals surface area contributed by atoms with E-state index >= 15 is 0 Å². The third-order valence-corrected chi connectivity index (χ3v) is 4.15. The number of carbonyl (C=O) groups excluding carboxylic acids is 1. The molecule has 0 bridgehead atoms. The number of hydrogen-bond donors (Lipinski definition) is 2. The van der Waals surface area contributed by atoms with Gasteiger partial charge in [0.15, 0.2) is 0 Å². The zero-order chi connectivity index (χ0) is 15.1. The summed E-state index contributed by atoms with van der Waals surface area (Å²) in [6, 6.07) is 11.8. The molecule has 0 radical (unpaired) electrons. The van der Waals surface area contributed by atoms with Crippen LogP contribution in [0.1, 0.15) is 22.1 Å². The fraction of sp³-hybridized carbons (Fsp3) is 0.312. The first-order chi connectivity index (χ1) is 10.2. The number of rotatable bonds is 6. The van der Waals surface area contributed by atoms with Crippen LogP contribution in [0.15, 0.2) is 41.8 Å². The lowest BCUT2D eigenvalue weighted by molar-refractivity contribution is 0.103. The van der Waals surface area contributed by atoms with E-state index < -0.39 is 0 Å². The Balaban J connectivity index is 1.83. The molecule has 1 heterocycles. The van der Waals surface area contributed by atoms with Gasteiger partial charge in [0.25, 0.3) is 0 Å². The van der Waals surface area contributed by atoms with Crippen molar-refractivity contribution in [3.63, 3.8) is 0 Å². The normalized spacial score (nSPS) is 11.9. The van der Waals surface area contributed by atoms with Gasteiger partial charge in [-0.1, -0.05) is 30.3 Å². The number of urea groups is 1. The van der Waals surface area contributed by atoms with Crippen molar-refractivity contribution in [3.8, 4) is 0 Å². The van der Waals surface area contributed by atoms with Crippen molar-refractivity contribution in [3.05, 3.63) is 57.8 Å². The van der Waals surface area contributed by atoms with E-state index in [1.807, 2.05) is 48.7 Å². The van der Waals surface area contributed by atoms with Gasteiger partial charge in [-0.2, -0.15) is 0 Å². The van der Waals surface area contributed by atoms with Crippen molar-refractivity contribution >= 4 is 17.4 Å². The maximum absolute atomic E-state index is 11.8. The zero-order valence-corrected chi connectivity index (χ0v) is 13.1. The Hall–Kier alpha value is -1.85. The first kappa shape index (κ1) is 15.5. The molecule has 1 aromatic carbocycles. The molecule has 2 aromatic rings. The van der Waals surface area contributed by atoms with Crippen LogP contribution in [0, 0.1) is 6.92 Å². The molecule has 1 aromatic heterocycles. The van der Waals surface area contributed by atoms with Gasteiger partial charge >= 0.3 is 6.03 Å². The Morgan fingerprint density at radius 3 is 2.71 bits per heavy atom. The van der Waals surface area contributed by atoms with Crippen molar-refractivity contribution < 1.29 is 9.53 Å². The maximum atomic E-state index is 11.8. The third kappa shape index (κ3) is 4.58. The van der Waals surface area contributed by atoms with Crippen molar-refractivity contribution in [2.75, 3.05) is 13.7 Å². The second-order valence-electron chi connectivity index (χ2n) is 4.72. The van der Waals surface area contributed by atoms with Gasteiger partial charge in [-0.25, -0.2) is 4.79 Å². The molecule has 112 valence electrons. The van der Waals surface area contributed by atoms with Gasteiger partial charge in [0, 0.05) is 18.5 Å². The van der Waals surface area contributed by atoms with E-state index in [9.17, 15) is 4.79 Å². The Bertz CT molecular complexity index is 569. The van der Waals surface area contributed by atoms with Gasteiger partial charge in [-0.3, -0.25) is 0 Å². The molecule has 21 heavy (non-hydrogen) atoms. The molecule has 0 saturated carbocycles. The van der Waals surface area contributed by atoms with Crippen LogP contribution in [-0.4, -0.2) is 19.7 Å². The number of nitrogens with one attached hydrogen (secondary N) is 2. The minimum absolute atomic E-state index is 0.140. The van der Waals surface area contributed by atoms with E-state index in [0.717, 1.165) is 16.0 Å². The first-order valence-electron chi connectivity index (χ1n) is 6.83. The fourth-order valence-corrected chi connectivity index (χ4v) is 2.74. The van der Waals surface area contributed by atoms with Gasteiger partial charge in [0.2, 0.25) is 0 Å². The molecular formula is C16H20N2O2S. The van der Waals surface area contributed by atoms with Crippen LogP contribution in [0.25, 0.3) is 0 Å². The molecule has 0 aliphatic carbocycles. The summed E-state index contributed by atoms with van der Waals surface area (Å²) >= 11 is 1.63. The molecule has 0 fully saturated rings. The summed E-state index contributed by atoms with van der Waals surface area (Å²) < 4.78 is 5.48. The number of hydrogen-bond acceptors (Lipinski definition) is 3. The lowest BCUT2D eigenvalue weighted by Crippen LogP contribution is -2.37. The van der Waals surface area contributed by atoms with Gasteiger partial charge in [0.1, 0.15) is 0 Å². The van der Waals surface area contributed by atoms with Crippen LogP contribution in [0.5, 0.6) is 0 Å². The van der Waals surface area contributed by atoms with Crippen molar-refractivity contribution in [1.82, 2.24) is 10.6 Å². The van der Waals surface area contributed by atoms with Crippen LogP contribution in [-0.2, 0) is 11.3 Å². The molecule has 5 heteroatoms. The lowest BCUT2D eigenvalue weighted by atomic mass is 10.0. The molecule has 2 rings (SSSR count). The predicted molar refractivity (Wildman–Crippen MR) is 85.5 cm³/mol. The summed E-state index contributed by atoms with van der Waals surface area (Å²) in [4.78, 5) is 12.9. The van der Waals surface area contributed by atoms with E-state index in [1.165, 1.54) is 0 Å². The Morgan fingerprint density at radius 1 is 1.24 bits per heavy atom. The minimum atomic E-state index is -0.181. The number of carbonyl (C=O) groups is 1. The summed E-state index contributed by atoms with van der Waals surface area (Å²) in [5, 5.41) is 7.68. The zero-order valence-electron chi connectivity index (χ0n) is 12.3. The smallest absolute Gasteiger partial charge is 0.315 e. The summed E-state index contributed by atoms with van der Waals surface area (Å²) in [5.41, 5.74) is 2.25. The molecule has 4 nitrogen and oxygen atoms in total. The van der Waals surface area contributed by atoms with Crippen LogP contribution < -0.4 is 10.6 Å². The van der Waals surface area contributed by atoms with Crippen molar-refractivity contribution in [2.24, 2.45) is 0 Å². The molecule has 2 N–H and O–H groups in total. The third-order valence-electron chi connectivity index (χ3n) is 3.27. The fourth-order valence-electron chi connectivity index (χ4n) is 2.10. The summed E-state index contributed by atoms with van der Waals surface area (Å²) in [7, 11) is 1.66. The number of amides is 2. The quantitative estimate of drug-likeness (QED) is 0.861. The monoisotopic (exact) mass is 304 g/mol. The van der Waals surface area contributed by atoms with Gasteiger partial charge in [-0.05, 0) is 29.5 Å². The molecule has 2 amide bonds. The lowest BCUT2D eigenvalue weighted by Gasteiger charge is -2.18. The number of benzene rings is 1. The SMILES string of the molecule is CO[C@@H](CNC(=O)NCc1cccs1)c1ccccc1C. The highest BCUT2D eigenvalue weighted by Crippen LogP contribution is 2.19. The van der Waals surface area contributed by atoms with Crippen LogP contribution in [0.3, 0.4) is 0 Å². The second-order valence-corrected chi connectivity index (χ2v) is 5.76. The molecule has 1 atom stereocenters. The first-order valence-corrected chi connectivity index (χ1v) is 7.71. The number of aryl methyl sites for hydroxylation is 1. The molecular weight excluding hydrogens is 284 g/mol. The highest BCUT2D eigenvalue weighted by Gasteiger charge is 2.13. The average molecular weight is 304 g/mol. The van der Waals surface area contributed by atoms with Crippen LogP contribution in [0.4, 0.5) is 4.79 Å². The highest BCUT2D eigenvalue weighted by molar-refractivity contribution is 7.09. The topological polar surface area (TPSA) is 50.4 Å². The number of methoxy groups -OCH3 is 1. The van der Waals surface area contributed by atoms with E-state index in [1.54, 1.807) is 18.4 Å². The molecule has 0 aliphatic rings. The minimum Gasteiger partial charge on any atom is -0.375 e. The largest absolute Gasteiger partial charge is 0.375 e. The maximum Gasteiger partial charge on any atom is 0.315 e. The molecule has 0 aliphatic heterocycles.